The minimum atomic E-state index is 0.633. The summed E-state index contributed by atoms with van der Waals surface area (Å²) in [5.41, 5.74) is 5.55. The van der Waals surface area contributed by atoms with Gasteiger partial charge in [0.15, 0.2) is 0 Å². The van der Waals surface area contributed by atoms with Crippen LogP contribution in [-0.4, -0.2) is 19.6 Å². The molecule has 0 spiro atoms. The van der Waals surface area contributed by atoms with Gasteiger partial charge in [0, 0.05) is 4.88 Å². The molecular weight excluding hydrogens is 272 g/mol. The number of hydrogen-bond donors (Lipinski definition) is 2. The van der Waals surface area contributed by atoms with Crippen LogP contribution in [0.2, 0.25) is 0 Å². The van der Waals surface area contributed by atoms with Crippen molar-refractivity contribution >= 4 is 27.3 Å². The van der Waals surface area contributed by atoms with E-state index in [4.69, 9.17) is 5.73 Å². The molecule has 2 nitrogen and oxygen atoms in total. The van der Waals surface area contributed by atoms with E-state index in [1.807, 2.05) is 11.3 Å². The molecule has 1 atom stereocenters. The van der Waals surface area contributed by atoms with Crippen molar-refractivity contribution in [1.29, 1.82) is 0 Å². The van der Waals surface area contributed by atoms with Gasteiger partial charge in [0.2, 0.25) is 0 Å². The Hall–Kier alpha value is 0.1000. The fourth-order valence-corrected chi connectivity index (χ4v) is 2.77. The van der Waals surface area contributed by atoms with Gasteiger partial charge in [-0.2, -0.15) is 0 Å². The second-order valence-corrected chi connectivity index (χ2v) is 6.38. The average molecular weight is 291 g/mol. The summed E-state index contributed by atoms with van der Waals surface area (Å²) in [5, 5.41) is 3.44. The van der Waals surface area contributed by atoms with Gasteiger partial charge in [-0.1, -0.05) is 6.92 Å². The lowest BCUT2D eigenvalue weighted by atomic mass is 10.1. The van der Waals surface area contributed by atoms with Crippen molar-refractivity contribution in [3.63, 3.8) is 0 Å². The maximum absolute atomic E-state index is 5.55. The van der Waals surface area contributed by atoms with E-state index in [1.165, 1.54) is 15.1 Å². The number of hydrogen-bond acceptors (Lipinski definition) is 3. The summed E-state index contributed by atoms with van der Waals surface area (Å²) in [6.45, 7) is 5.12. The zero-order valence-corrected chi connectivity index (χ0v) is 11.5. The molecule has 1 rings (SSSR count). The third-order valence-corrected chi connectivity index (χ3v) is 4.08. The van der Waals surface area contributed by atoms with Crippen LogP contribution in [0.25, 0.3) is 0 Å². The smallest absolute Gasteiger partial charge is 0.0701 e. The van der Waals surface area contributed by atoms with Gasteiger partial charge in [-0.15, -0.1) is 11.3 Å². The second kappa shape index (κ2) is 7.39. The monoisotopic (exact) mass is 290 g/mol. The molecule has 0 saturated heterocycles. The maximum atomic E-state index is 5.55. The highest BCUT2D eigenvalue weighted by molar-refractivity contribution is 9.11. The normalized spacial score (nSPS) is 13.0. The summed E-state index contributed by atoms with van der Waals surface area (Å²) in [6, 6.07) is 4.29. The first kappa shape index (κ1) is 13.2. The van der Waals surface area contributed by atoms with Gasteiger partial charge in [0.25, 0.3) is 0 Å². The minimum Gasteiger partial charge on any atom is -0.330 e. The lowest BCUT2D eigenvalue weighted by molar-refractivity contribution is 0.511. The largest absolute Gasteiger partial charge is 0.330 e. The van der Waals surface area contributed by atoms with Crippen LogP contribution in [0.5, 0.6) is 0 Å². The highest BCUT2D eigenvalue weighted by atomic mass is 79.9. The molecule has 15 heavy (non-hydrogen) atoms. The molecule has 0 aliphatic rings. The van der Waals surface area contributed by atoms with Gasteiger partial charge in [0.1, 0.15) is 0 Å². The van der Waals surface area contributed by atoms with E-state index in [0.29, 0.717) is 5.92 Å². The molecule has 0 aliphatic carbocycles. The molecule has 86 valence electrons. The average Bonchev–Trinajstić information content (AvgIpc) is 2.63. The van der Waals surface area contributed by atoms with E-state index in [-0.39, 0.29) is 0 Å². The van der Waals surface area contributed by atoms with Crippen LogP contribution in [0.15, 0.2) is 15.9 Å². The van der Waals surface area contributed by atoms with Crippen molar-refractivity contribution in [3.8, 4) is 0 Å². The van der Waals surface area contributed by atoms with E-state index < -0.39 is 0 Å². The number of halogens is 1. The maximum Gasteiger partial charge on any atom is 0.0701 e. The van der Waals surface area contributed by atoms with Gasteiger partial charge >= 0.3 is 0 Å². The van der Waals surface area contributed by atoms with Crippen LogP contribution in [-0.2, 0) is 6.42 Å². The van der Waals surface area contributed by atoms with Crippen LogP contribution >= 0.6 is 27.3 Å². The zero-order chi connectivity index (χ0) is 11.1. The predicted octanol–water partition coefficient (Wildman–Crippen LogP) is 2.63. The molecule has 0 fully saturated rings. The Morgan fingerprint density at radius 1 is 1.47 bits per heavy atom. The number of nitrogens with one attached hydrogen (secondary N) is 1. The molecule has 0 radical (unpaired) electrons. The third kappa shape index (κ3) is 5.66. The van der Waals surface area contributed by atoms with Gasteiger partial charge in [0.05, 0.1) is 3.79 Å². The summed E-state index contributed by atoms with van der Waals surface area (Å²) in [7, 11) is 0. The molecule has 1 aromatic rings. The van der Waals surface area contributed by atoms with Gasteiger partial charge in [-0.05, 0) is 66.5 Å². The van der Waals surface area contributed by atoms with Gasteiger partial charge in [-0.3, -0.25) is 0 Å². The predicted molar refractivity (Wildman–Crippen MR) is 71.4 cm³/mol. The zero-order valence-electron chi connectivity index (χ0n) is 9.13. The lowest BCUT2D eigenvalue weighted by Gasteiger charge is -2.08. The van der Waals surface area contributed by atoms with Crippen LogP contribution in [0.4, 0.5) is 0 Å². The number of thiophene rings is 1. The fraction of sp³-hybridized carbons (Fsp3) is 0.636. The Balaban J connectivity index is 2.02. The van der Waals surface area contributed by atoms with E-state index in [2.05, 4.69) is 40.3 Å². The molecule has 1 heterocycles. The van der Waals surface area contributed by atoms with Crippen molar-refractivity contribution < 1.29 is 0 Å². The van der Waals surface area contributed by atoms with Crippen molar-refractivity contribution in [1.82, 2.24) is 5.32 Å². The molecule has 1 aromatic heterocycles. The standard InChI is InChI=1S/C11H19BrN2S/c1-9(8-13)4-6-14-7-5-10-2-3-11(12)15-10/h2-3,9,14H,4-8,13H2,1H3. The van der Waals surface area contributed by atoms with Crippen LogP contribution < -0.4 is 11.1 Å². The van der Waals surface area contributed by atoms with Crippen LogP contribution in [0.1, 0.15) is 18.2 Å². The molecule has 0 saturated carbocycles. The molecule has 0 bridgehead atoms. The molecular formula is C11H19BrN2S. The summed E-state index contributed by atoms with van der Waals surface area (Å²) >= 11 is 5.28. The molecule has 0 amide bonds. The first-order valence-corrected chi connectivity index (χ1v) is 6.98. The van der Waals surface area contributed by atoms with E-state index in [9.17, 15) is 0 Å². The van der Waals surface area contributed by atoms with Gasteiger partial charge in [-0.25, -0.2) is 0 Å². The SMILES string of the molecule is CC(CN)CCNCCc1ccc(Br)s1. The lowest BCUT2D eigenvalue weighted by Crippen LogP contribution is -2.22. The van der Waals surface area contributed by atoms with E-state index in [1.54, 1.807) is 0 Å². The Kier molecular flexibility index (Phi) is 6.48. The highest BCUT2D eigenvalue weighted by Gasteiger charge is 1.99. The first-order chi connectivity index (χ1) is 7.22. The summed E-state index contributed by atoms with van der Waals surface area (Å²) in [4.78, 5) is 1.43. The second-order valence-electron chi connectivity index (χ2n) is 3.84. The molecule has 0 aromatic carbocycles. The van der Waals surface area contributed by atoms with Crippen molar-refractivity contribution in [3.05, 3.63) is 20.8 Å². The van der Waals surface area contributed by atoms with Crippen molar-refractivity contribution in [2.75, 3.05) is 19.6 Å². The highest BCUT2D eigenvalue weighted by Crippen LogP contribution is 2.21. The Morgan fingerprint density at radius 3 is 2.87 bits per heavy atom. The molecule has 0 aliphatic heterocycles. The number of nitrogens with two attached hydrogens (primary N) is 1. The van der Waals surface area contributed by atoms with Crippen molar-refractivity contribution in [2.45, 2.75) is 19.8 Å². The van der Waals surface area contributed by atoms with E-state index in [0.717, 1.165) is 26.1 Å². The first-order valence-electron chi connectivity index (χ1n) is 5.37. The Morgan fingerprint density at radius 2 is 2.27 bits per heavy atom. The summed E-state index contributed by atoms with van der Waals surface area (Å²) < 4.78 is 1.22. The topological polar surface area (TPSA) is 38.0 Å². The summed E-state index contributed by atoms with van der Waals surface area (Å²) in [6.07, 6.45) is 2.29. The van der Waals surface area contributed by atoms with Crippen LogP contribution in [0, 0.1) is 5.92 Å². The molecule has 4 heteroatoms. The van der Waals surface area contributed by atoms with Crippen molar-refractivity contribution in [2.24, 2.45) is 11.7 Å². The quantitative estimate of drug-likeness (QED) is 0.758. The van der Waals surface area contributed by atoms with Crippen LogP contribution in [0.3, 0.4) is 0 Å². The van der Waals surface area contributed by atoms with E-state index >= 15 is 0 Å². The minimum absolute atomic E-state index is 0.633. The fourth-order valence-electron chi connectivity index (χ4n) is 1.29. The third-order valence-electron chi connectivity index (χ3n) is 2.39. The molecule has 1 unspecified atom stereocenters. The Bertz CT molecular complexity index is 275. The summed E-state index contributed by atoms with van der Waals surface area (Å²) in [5.74, 6) is 0.633. The van der Waals surface area contributed by atoms with Gasteiger partial charge < -0.3 is 11.1 Å². The Labute approximate surface area is 104 Å². The number of rotatable bonds is 7. The molecule has 3 N–H and O–H groups in total.